The van der Waals surface area contributed by atoms with Gasteiger partial charge in [-0.2, -0.15) is 0 Å². The Morgan fingerprint density at radius 3 is 2.22 bits per heavy atom. The molecule has 23 heavy (non-hydrogen) atoms. The van der Waals surface area contributed by atoms with E-state index in [9.17, 15) is 4.79 Å². The number of allylic oxidation sites excluding steroid dienone is 4. The van der Waals surface area contributed by atoms with Crippen molar-refractivity contribution in [1.82, 2.24) is 0 Å². The van der Waals surface area contributed by atoms with Crippen molar-refractivity contribution in [1.29, 1.82) is 0 Å². The molecule has 1 heterocycles. The first-order chi connectivity index (χ1) is 11.2. The zero-order valence-corrected chi connectivity index (χ0v) is 14.5. The standard InChI is InChI=1S/C20H32O3/c1-2-3-4-5-9-12-15-18-19(23-18)16-13-10-7-6-8-11-14-17-20(21)22/h6,8-10,12-13,18-19H,2-5,7,11,14-17H2,1H3,(H,21,22). The minimum absolute atomic E-state index is 0.258. The van der Waals surface area contributed by atoms with Crippen LogP contribution in [0, 0.1) is 0 Å². The molecule has 1 aliphatic rings. The average molecular weight is 320 g/mol. The van der Waals surface area contributed by atoms with E-state index < -0.39 is 5.97 Å². The van der Waals surface area contributed by atoms with E-state index in [4.69, 9.17) is 9.84 Å². The highest BCUT2D eigenvalue weighted by Gasteiger charge is 2.35. The van der Waals surface area contributed by atoms with Crippen LogP contribution in [0.3, 0.4) is 0 Å². The third kappa shape index (κ3) is 11.8. The molecule has 1 aliphatic heterocycles. The summed E-state index contributed by atoms with van der Waals surface area (Å²) in [6.45, 7) is 2.23. The summed E-state index contributed by atoms with van der Waals surface area (Å²) >= 11 is 0. The SMILES string of the molecule is CCCCCC=CCC1OC1CC=CCC=CCCCC(=O)O. The summed E-state index contributed by atoms with van der Waals surface area (Å²) in [5, 5.41) is 8.52. The van der Waals surface area contributed by atoms with Crippen LogP contribution in [0.1, 0.15) is 71.1 Å². The number of rotatable bonds is 14. The van der Waals surface area contributed by atoms with E-state index in [0.717, 1.165) is 32.1 Å². The molecule has 1 saturated heterocycles. The van der Waals surface area contributed by atoms with Crippen LogP contribution in [-0.2, 0) is 9.53 Å². The average Bonchev–Trinajstić information content (AvgIpc) is 3.27. The minimum atomic E-state index is -0.715. The fraction of sp³-hybridized carbons (Fsp3) is 0.650. The Balaban J connectivity index is 1.92. The lowest BCUT2D eigenvalue weighted by Crippen LogP contribution is -1.92. The van der Waals surface area contributed by atoms with Gasteiger partial charge in [0, 0.05) is 6.42 Å². The van der Waals surface area contributed by atoms with Gasteiger partial charge in [-0.25, -0.2) is 0 Å². The summed E-state index contributed by atoms with van der Waals surface area (Å²) in [4.78, 5) is 10.3. The normalized spacial score (nSPS) is 20.9. The van der Waals surface area contributed by atoms with Crippen molar-refractivity contribution < 1.29 is 14.6 Å². The number of unbranched alkanes of at least 4 members (excludes halogenated alkanes) is 4. The number of hydrogen-bond acceptors (Lipinski definition) is 2. The minimum Gasteiger partial charge on any atom is -0.481 e. The zero-order chi connectivity index (χ0) is 16.8. The lowest BCUT2D eigenvalue weighted by atomic mass is 10.1. The van der Waals surface area contributed by atoms with Gasteiger partial charge in [0.2, 0.25) is 0 Å². The van der Waals surface area contributed by atoms with Crippen molar-refractivity contribution in [3.8, 4) is 0 Å². The fourth-order valence-electron chi connectivity index (χ4n) is 2.44. The third-order valence-electron chi connectivity index (χ3n) is 3.93. The summed E-state index contributed by atoms with van der Waals surface area (Å²) in [7, 11) is 0. The molecule has 0 aromatic carbocycles. The van der Waals surface area contributed by atoms with Crippen molar-refractivity contribution in [2.75, 3.05) is 0 Å². The highest BCUT2D eigenvalue weighted by Crippen LogP contribution is 2.29. The van der Waals surface area contributed by atoms with Crippen LogP contribution in [0.5, 0.6) is 0 Å². The quantitative estimate of drug-likeness (QED) is 0.264. The van der Waals surface area contributed by atoms with Gasteiger partial charge in [0.25, 0.3) is 0 Å². The maximum Gasteiger partial charge on any atom is 0.303 e. The van der Waals surface area contributed by atoms with Crippen LogP contribution in [-0.4, -0.2) is 23.3 Å². The Morgan fingerprint density at radius 2 is 1.52 bits per heavy atom. The second kappa shape index (κ2) is 13.1. The van der Waals surface area contributed by atoms with Gasteiger partial charge < -0.3 is 9.84 Å². The van der Waals surface area contributed by atoms with Gasteiger partial charge in [-0.15, -0.1) is 0 Å². The Bertz CT molecular complexity index is 396. The largest absolute Gasteiger partial charge is 0.481 e. The summed E-state index contributed by atoms with van der Waals surface area (Å²) in [6.07, 6.45) is 23.8. The first kappa shape index (κ1) is 19.7. The van der Waals surface area contributed by atoms with Crippen molar-refractivity contribution in [3.63, 3.8) is 0 Å². The van der Waals surface area contributed by atoms with Gasteiger partial charge in [-0.3, -0.25) is 4.79 Å². The van der Waals surface area contributed by atoms with Crippen molar-refractivity contribution >= 4 is 5.97 Å². The van der Waals surface area contributed by atoms with E-state index in [1.54, 1.807) is 0 Å². The van der Waals surface area contributed by atoms with Gasteiger partial charge in [0.15, 0.2) is 0 Å². The Kier molecular flexibility index (Phi) is 11.2. The van der Waals surface area contributed by atoms with E-state index in [-0.39, 0.29) is 6.42 Å². The molecule has 3 heteroatoms. The predicted octanol–water partition coefficient (Wildman–Crippen LogP) is 5.43. The second-order valence-electron chi connectivity index (χ2n) is 6.12. The van der Waals surface area contributed by atoms with Gasteiger partial charge in [-0.1, -0.05) is 56.2 Å². The molecular weight excluding hydrogens is 288 g/mol. The van der Waals surface area contributed by atoms with Crippen LogP contribution >= 0.6 is 0 Å². The van der Waals surface area contributed by atoms with E-state index in [0.29, 0.717) is 12.2 Å². The van der Waals surface area contributed by atoms with E-state index in [1.807, 2.05) is 0 Å². The van der Waals surface area contributed by atoms with Gasteiger partial charge >= 0.3 is 5.97 Å². The van der Waals surface area contributed by atoms with Crippen molar-refractivity contribution in [2.24, 2.45) is 0 Å². The molecule has 0 radical (unpaired) electrons. The first-order valence-electron chi connectivity index (χ1n) is 9.06. The maximum atomic E-state index is 10.3. The van der Waals surface area contributed by atoms with Crippen LogP contribution < -0.4 is 0 Å². The molecule has 1 rings (SSSR count). The van der Waals surface area contributed by atoms with Gasteiger partial charge in [-0.05, 0) is 44.9 Å². The molecule has 2 atom stereocenters. The van der Waals surface area contributed by atoms with E-state index in [2.05, 4.69) is 43.4 Å². The Morgan fingerprint density at radius 1 is 0.913 bits per heavy atom. The lowest BCUT2D eigenvalue weighted by molar-refractivity contribution is -0.137. The molecule has 0 amide bonds. The topological polar surface area (TPSA) is 49.8 Å². The molecule has 0 aromatic heterocycles. The molecule has 0 bridgehead atoms. The van der Waals surface area contributed by atoms with Crippen LogP contribution in [0.15, 0.2) is 36.5 Å². The number of epoxide rings is 1. The van der Waals surface area contributed by atoms with E-state index >= 15 is 0 Å². The number of carboxylic acid groups (broad SMARTS) is 1. The monoisotopic (exact) mass is 320 g/mol. The molecule has 0 spiro atoms. The van der Waals surface area contributed by atoms with Crippen LogP contribution in [0.4, 0.5) is 0 Å². The maximum absolute atomic E-state index is 10.3. The molecule has 0 saturated carbocycles. The van der Waals surface area contributed by atoms with Crippen LogP contribution in [0.25, 0.3) is 0 Å². The van der Waals surface area contributed by atoms with Crippen molar-refractivity contribution in [3.05, 3.63) is 36.5 Å². The highest BCUT2D eigenvalue weighted by atomic mass is 16.6. The first-order valence-corrected chi connectivity index (χ1v) is 9.06. The molecule has 0 aromatic rings. The number of aliphatic carboxylic acids is 1. The predicted molar refractivity (Wildman–Crippen MR) is 95.6 cm³/mol. The summed E-state index contributed by atoms with van der Waals surface area (Å²) in [6, 6.07) is 0. The Labute approximate surface area is 141 Å². The van der Waals surface area contributed by atoms with Crippen molar-refractivity contribution in [2.45, 2.75) is 83.3 Å². The second-order valence-corrected chi connectivity index (χ2v) is 6.12. The zero-order valence-electron chi connectivity index (χ0n) is 14.5. The Hall–Kier alpha value is -1.35. The molecule has 2 unspecified atom stereocenters. The smallest absolute Gasteiger partial charge is 0.303 e. The van der Waals surface area contributed by atoms with Crippen LogP contribution in [0.2, 0.25) is 0 Å². The summed E-state index contributed by atoms with van der Waals surface area (Å²) < 4.78 is 5.65. The molecule has 3 nitrogen and oxygen atoms in total. The molecule has 1 fully saturated rings. The van der Waals surface area contributed by atoms with E-state index in [1.165, 1.54) is 25.7 Å². The number of carbonyl (C=O) groups is 1. The number of ether oxygens (including phenoxy) is 1. The number of hydrogen-bond donors (Lipinski definition) is 1. The molecule has 1 N–H and O–H groups in total. The fourth-order valence-corrected chi connectivity index (χ4v) is 2.44. The lowest BCUT2D eigenvalue weighted by Gasteiger charge is -1.91. The molecule has 0 aliphatic carbocycles. The van der Waals surface area contributed by atoms with Gasteiger partial charge in [0.05, 0.1) is 12.2 Å². The van der Waals surface area contributed by atoms with Gasteiger partial charge in [0.1, 0.15) is 0 Å². The number of carboxylic acids is 1. The highest BCUT2D eigenvalue weighted by molar-refractivity contribution is 5.66. The summed E-state index contributed by atoms with van der Waals surface area (Å²) in [5.41, 5.74) is 0. The molecule has 130 valence electrons. The third-order valence-corrected chi connectivity index (χ3v) is 3.93. The summed E-state index contributed by atoms with van der Waals surface area (Å²) in [5.74, 6) is -0.715. The molecular formula is C20H32O3.